The van der Waals surface area contributed by atoms with Gasteiger partial charge in [0.2, 0.25) is 0 Å². The van der Waals surface area contributed by atoms with Gasteiger partial charge in [0.1, 0.15) is 10.7 Å². The number of rotatable bonds is 2. The van der Waals surface area contributed by atoms with E-state index < -0.39 is 10.0 Å². The zero-order valence-corrected chi connectivity index (χ0v) is 13.0. The molecule has 0 N–H and O–H groups in total. The van der Waals surface area contributed by atoms with Crippen LogP contribution in [-0.4, -0.2) is 41.8 Å². The summed E-state index contributed by atoms with van der Waals surface area (Å²) >= 11 is 0. The van der Waals surface area contributed by atoms with Gasteiger partial charge >= 0.3 is 0 Å². The van der Waals surface area contributed by atoms with Crippen LogP contribution in [0.25, 0.3) is 0 Å². The van der Waals surface area contributed by atoms with Crippen LogP contribution >= 0.6 is 0 Å². The lowest BCUT2D eigenvalue weighted by Crippen LogP contribution is -2.51. The molecule has 0 bridgehead atoms. The summed E-state index contributed by atoms with van der Waals surface area (Å²) in [5, 5.41) is 0. The Kier molecular flexibility index (Phi) is 2.87. The third-order valence-corrected chi connectivity index (χ3v) is 5.57. The molecule has 0 aliphatic carbocycles. The van der Waals surface area contributed by atoms with Gasteiger partial charge in [-0.2, -0.15) is 8.42 Å². The summed E-state index contributed by atoms with van der Waals surface area (Å²) in [5.41, 5.74) is 0.722. The van der Waals surface area contributed by atoms with Crippen molar-refractivity contribution in [2.45, 2.75) is 18.4 Å². The number of hydrogen-bond donors (Lipinski definition) is 0. The number of fused-ring (bicyclic) bond motifs is 1. The van der Waals surface area contributed by atoms with Crippen molar-refractivity contribution >= 4 is 15.9 Å². The molecule has 3 heterocycles. The average molecular weight is 316 g/mol. The van der Waals surface area contributed by atoms with Gasteiger partial charge in [-0.15, -0.1) is 4.40 Å². The Morgan fingerprint density at radius 3 is 2.77 bits per heavy atom. The summed E-state index contributed by atoms with van der Waals surface area (Å²) in [5.74, 6) is 2.09. The molecule has 2 aromatic rings. The predicted molar refractivity (Wildman–Crippen MR) is 82.2 cm³/mol. The summed E-state index contributed by atoms with van der Waals surface area (Å²) < 4.78 is 30.2. The number of benzene rings is 1. The summed E-state index contributed by atoms with van der Waals surface area (Å²) in [6.45, 7) is 4.53. The van der Waals surface area contributed by atoms with Crippen molar-refractivity contribution in [3.63, 3.8) is 0 Å². The van der Waals surface area contributed by atoms with Crippen molar-refractivity contribution in [3.05, 3.63) is 48.0 Å². The van der Waals surface area contributed by atoms with E-state index in [1.807, 2.05) is 30.2 Å². The second kappa shape index (κ2) is 4.67. The molecule has 1 aromatic carbocycles. The minimum atomic E-state index is -3.52. The monoisotopic (exact) mass is 316 g/mol. The lowest BCUT2D eigenvalue weighted by molar-refractivity contribution is 0.167. The highest BCUT2D eigenvalue weighted by atomic mass is 32.2. The average Bonchev–Trinajstić information content (AvgIpc) is 2.96. The van der Waals surface area contributed by atoms with Gasteiger partial charge in [-0.05, 0) is 19.1 Å². The second-order valence-electron chi connectivity index (χ2n) is 5.78. The number of imidazole rings is 1. The highest BCUT2D eigenvalue weighted by molar-refractivity contribution is 7.90. The molecule has 0 amide bonds. The first-order valence-corrected chi connectivity index (χ1v) is 8.66. The fraction of sp³-hybridized carbons (Fsp3) is 0.333. The first-order valence-electron chi connectivity index (χ1n) is 7.21. The minimum Gasteiger partial charge on any atom is -0.355 e. The van der Waals surface area contributed by atoms with Gasteiger partial charge in [0.25, 0.3) is 10.0 Å². The Bertz CT molecular complexity index is 863. The molecule has 0 unspecified atom stereocenters. The van der Waals surface area contributed by atoms with Gasteiger partial charge < -0.3 is 9.47 Å². The van der Waals surface area contributed by atoms with Crippen molar-refractivity contribution in [1.29, 1.82) is 0 Å². The van der Waals surface area contributed by atoms with Crippen LogP contribution < -0.4 is 0 Å². The molecule has 0 saturated carbocycles. The van der Waals surface area contributed by atoms with Crippen molar-refractivity contribution < 1.29 is 8.42 Å². The van der Waals surface area contributed by atoms with E-state index >= 15 is 0 Å². The molecule has 0 radical (unpaired) electrons. The molecular formula is C15H16N4O2S. The van der Waals surface area contributed by atoms with Crippen molar-refractivity contribution in [2.24, 2.45) is 10.3 Å². The number of sulfonamides is 1. The molecule has 1 fully saturated rings. The number of amidine groups is 1. The quantitative estimate of drug-likeness (QED) is 0.837. The first kappa shape index (κ1) is 13.5. The van der Waals surface area contributed by atoms with E-state index in [4.69, 9.17) is 0 Å². The van der Waals surface area contributed by atoms with Crippen LogP contribution in [0.2, 0.25) is 0 Å². The van der Waals surface area contributed by atoms with Gasteiger partial charge in [0.15, 0.2) is 5.84 Å². The first-order chi connectivity index (χ1) is 10.5. The molecule has 0 spiro atoms. The number of hydrogen-bond acceptors (Lipinski definition) is 4. The molecule has 4 rings (SSSR count). The number of aryl methyl sites for hydroxylation is 1. The summed E-state index contributed by atoms with van der Waals surface area (Å²) in [6.07, 6.45) is 3.78. The minimum absolute atomic E-state index is 0.318. The Morgan fingerprint density at radius 1 is 1.27 bits per heavy atom. The maximum atomic E-state index is 12.1. The molecule has 6 nitrogen and oxygen atoms in total. The standard InChI is InChI=1S/C15H16N4O2S/c1-11-16-6-7-18(11)8-12-9-19(10-12)15-13-4-2-3-5-14(13)22(20,21)17-15/h2-7,12H,8-10H2,1H3. The van der Waals surface area contributed by atoms with Crippen LogP contribution in [0.5, 0.6) is 0 Å². The van der Waals surface area contributed by atoms with Gasteiger partial charge in [-0.25, -0.2) is 4.98 Å². The topological polar surface area (TPSA) is 67.6 Å². The highest BCUT2D eigenvalue weighted by Crippen LogP contribution is 2.31. The largest absolute Gasteiger partial charge is 0.355 e. The maximum absolute atomic E-state index is 12.1. The molecule has 22 heavy (non-hydrogen) atoms. The zero-order valence-electron chi connectivity index (χ0n) is 12.2. The lowest BCUT2D eigenvalue weighted by Gasteiger charge is -2.40. The summed E-state index contributed by atoms with van der Waals surface area (Å²) in [4.78, 5) is 6.58. The SMILES string of the molecule is Cc1nccn1CC1CN(C2=NS(=O)(=O)c3ccccc32)C1. The smallest absolute Gasteiger partial charge is 0.285 e. The molecule has 7 heteroatoms. The number of nitrogens with zero attached hydrogens (tertiary/aromatic N) is 4. The van der Waals surface area contributed by atoms with Gasteiger partial charge in [0.05, 0.1) is 0 Å². The van der Waals surface area contributed by atoms with E-state index in [2.05, 4.69) is 13.9 Å². The van der Waals surface area contributed by atoms with Crippen molar-refractivity contribution in [3.8, 4) is 0 Å². The Hall–Kier alpha value is -2.15. The maximum Gasteiger partial charge on any atom is 0.285 e. The van der Waals surface area contributed by atoms with Crippen LogP contribution in [0.15, 0.2) is 46.0 Å². The lowest BCUT2D eigenvalue weighted by atomic mass is 9.98. The van der Waals surface area contributed by atoms with E-state index in [-0.39, 0.29) is 0 Å². The van der Waals surface area contributed by atoms with Crippen LogP contribution in [0.1, 0.15) is 11.4 Å². The Balaban J connectivity index is 1.51. The van der Waals surface area contributed by atoms with Crippen LogP contribution in [0, 0.1) is 12.8 Å². The highest BCUT2D eigenvalue weighted by Gasteiger charge is 2.37. The fourth-order valence-corrected chi connectivity index (χ4v) is 4.28. The summed E-state index contributed by atoms with van der Waals surface area (Å²) in [6, 6.07) is 7.02. The number of likely N-dealkylation sites (tertiary alicyclic amines) is 1. The predicted octanol–water partition coefficient (Wildman–Crippen LogP) is 1.27. The van der Waals surface area contributed by atoms with Gasteiger partial charge in [-0.1, -0.05) is 12.1 Å². The molecule has 114 valence electrons. The van der Waals surface area contributed by atoms with E-state index in [0.29, 0.717) is 16.6 Å². The van der Waals surface area contributed by atoms with Crippen molar-refractivity contribution in [1.82, 2.24) is 14.5 Å². The zero-order chi connectivity index (χ0) is 15.3. The van der Waals surface area contributed by atoms with E-state index in [9.17, 15) is 8.42 Å². The van der Waals surface area contributed by atoms with E-state index in [0.717, 1.165) is 31.0 Å². The number of aromatic nitrogens is 2. The molecule has 2 aliphatic heterocycles. The third-order valence-electron chi connectivity index (χ3n) is 4.25. The van der Waals surface area contributed by atoms with Crippen LogP contribution in [-0.2, 0) is 16.6 Å². The Morgan fingerprint density at radius 2 is 2.05 bits per heavy atom. The molecular weight excluding hydrogens is 300 g/mol. The Labute approximate surface area is 129 Å². The second-order valence-corrected chi connectivity index (χ2v) is 7.36. The van der Waals surface area contributed by atoms with Crippen LogP contribution in [0.4, 0.5) is 0 Å². The van der Waals surface area contributed by atoms with Gasteiger partial charge in [0, 0.05) is 43.5 Å². The van der Waals surface area contributed by atoms with Crippen molar-refractivity contribution in [2.75, 3.05) is 13.1 Å². The van der Waals surface area contributed by atoms with Gasteiger partial charge in [-0.3, -0.25) is 0 Å². The summed E-state index contributed by atoms with van der Waals surface area (Å²) in [7, 11) is -3.52. The normalized spacial score (nSPS) is 19.7. The molecule has 1 aromatic heterocycles. The molecule has 2 aliphatic rings. The van der Waals surface area contributed by atoms with Crippen LogP contribution in [0.3, 0.4) is 0 Å². The van der Waals surface area contributed by atoms with E-state index in [1.54, 1.807) is 18.3 Å². The molecule has 0 atom stereocenters. The fourth-order valence-electron chi connectivity index (χ4n) is 3.05. The van der Waals surface area contributed by atoms with E-state index in [1.165, 1.54) is 0 Å². The molecule has 1 saturated heterocycles. The third kappa shape index (κ3) is 2.04.